The van der Waals surface area contributed by atoms with Crippen LogP contribution in [0, 0.1) is 5.92 Å². The lowest BCUT2D eigenvalue weighted by atomic mass is 10.2. The van der Waals surface area contributed by atoms with Gasteiger partial charge < -0.3 is 4.74 Å². The third-order valence-electron chi connectivity index (χ3n) is 4.23. The lowest BCUT2D eigenvalue weighted by Crippen LogP contribution is -2.24. The van der Waals surface area contributed by atoms with Crippen LogP contribution in [0.2, 0.25) is 5.28 Å². The number of hydrogen-bond donors (Lipinski definition) is 0. The van der Waals surface area contributed by atoms with E-state index in [4.69, 9.17) is 16.3 Å². The minimum Gasteiger partial charge on any atom is -0.356 e. The summed E-state index contributed by atoms with van der Waals surface area (Å²) in [5.74, 6) is 0.566. The van der Waals surface area contributed by atoms with E-state index in [1.165, 1.54) is 0 Å². The molecule has 4 rings (SSSR count). The van der Waals surface area contributed by atoms with Crippen molar-refractivity contribution in [3.8, 4) is 0 Å². The Morgan fingerprint density at radius 2 is 2.19 bits per heavy atom. The number of ether oxygens (including phenoxy) is 1. The number of hydrogen-bond acceptors (Lipinski definition) is 4. The lowest BCUT2D eigenvalue weighted by molar-refractivity contribution is -0.0370. The maximum absolute atomic E-state index is 12.6. The van der Waals surface area contributed by atoms with E-state index in [0.29, 0.717) is 23.5 Å². The van der Waals surface area contributed by atoms with E-state index in [1.54, 1.807) is 15.4 Å². The van der Waals surface area contributed by atoms with Crippen molar-refractivity contribution in [2.45, 2.75) is 44.9 Å². The van der Waals surface area contributed by atoms with Gasteiger partial charge in [0.2, 0.25) is 5.28 Å². The van der Waals surface area contributed by atoms with E-state index >= 15 is 0 Å². The third kappa shape index (κ3) is 2.36. The molecule has 1 aliphatic heterocycles. The Kier molecular flexibility index (Phi) is 3.23. The number of halogens is 1. The van der Waals surface area contributed by atoms with Crippen molar-refractivity contribution in [1.29, 1.82) is 0 Å². The molecular formula is C14H17ClN4O2. The van der Waals surface area contributed by atoms with Gasteiger partial charge >= 0.3 is 0 Å². The third-order valence-corrected chi connectivity index (χ3v) is 4.52. The van der Waals surface area contributed by atoms with Gasteiger partial charge in [-0.1, -0.05) is 0 Å². The quantitative estimate of drug-likeness (QED) is 0.817. The summed E-state index contributed by atoms with van der Waals surface area (Å²) in [7, 11) is 0. The highest BCUT2D eigenvalue weighted by Crippen LogP contribution is 2.31. The van der Waals surface area contributed by atoms with Crippen molar-refractivity contribution in [1.82, 2.24) is 19.3 Å². The normalized spacial score (nSPS) is 22.8. The van der Waals surface area contributed by atoms with Crippen LogP contribution < -0.4 is 5.56 Å². The molecule has 112 valence electrons. The van der Waals surface area contributed by atoms with Crippen molar-refractivity contribution < 1.29 is 4.74 Å². The van der Waals surface area contributed by atoms with Gasteiger partial charge in [-0.15, -0.1) is 0 Å². The molecular weight excluding hydrogens is 292 g/mol. The molecule has 1 unspecified atom stereocenters. The SMILES string of the molecule is O=c1c2cnn(C3CCCCO3)c2nc(Cl)n1CC1CC1. The van der Waals surface area contributed by atoms with Gasteiger partial charge in [0.1, 0.15) is 5.39 Å². The second-order valence-corrected chi connectivity index (χ2v) is 6.23. The lowest BCUT2D eigenvalue weighted by Gasteiger charge is -2.23. The van der Waals surface area contributed by atoms with Crippen molar-refractivity contribution >= 4 is 22.6 Å². The van der Waals surface area contributed by atoms with Crippen LogP contribution in [-0.4, -0.2) is 25.9 Å². The zero-order chi connectivity index (χ0) is 14.4. The molecule has 0 spiro atoms. The molecule has 2 aromatic rings. The first-order valence-electron chi connectivity index (χ1n) is 7.49. The summed E-state index contributed by atoms with van der Waals surface area (Å²) in [5.41, 5.74) is 0.433. The molecule has 21 heavy (non-hydrogen) atoms. The molecule has 0 aromatic carbocycles. The fourth-order valence-electron chi connectivity index (χ4n) is 2.84. The average molecular weight is 309 g/mol. The van der Waals surface area contributed by atoms with Crippen LogP contribution in [-0.2, 0) is 11.3 Å². The Morgan fingerprint density at radius 3 is 2.90 bits per heavy atom. The zero-order valence-electron chi connectivity index (χ0n) is 11.7. The van der Waals surface area contributed by atoms with Gasteiger partial charge in [-0.25, -0.2) is 4.68 Å². The van der Waals surface area contributed by atoms with Crippen LogP contribution in [0.15, 0.2) is 11.0 Å². The van der Waals surface area contributed by atoms with Gasteiger partial charge in [-0.2, -0.15) is 10.1 Å². The molecule has 1 saturated heterocycles. The van der Waals surface area contributed by atoms with Gasteiger partial charge in [0, 0.05) is 13.2 Å². The first kappa shape index (κ1) is 13.3. The number of rotatable bonds is 3. The standard InChI is InChI=1S/C14H17ClN4O2/c15-14-17-12-10(13(20)18(14)8-9-4-5-9)7-16-19(12)11-3-1-2-6-21-11/h7,9,11H,1-6,8H2. The van der Waals surface area contributed by atoms with Crippen LogP contribution in [0.5, 0.6) is 0 Å². The van der Waals surface area contributed by atoms with Crippen LogP contribution in [0.25, 0.3) is 11.0 Å². The Bertz CT molecular complexity index is 728. The van der Waals surface area contributed by atoms with Gasteiger partial charge in [-0.3, -0.25) is 9.36 Å². The van der Waals surface area contributed by atoms with Crippen molar-refractivity contribution in [3.05, 3.63) is 21.8 Å². The number of nitrogens with zero attached hydrogens (tertiary/aromatic N) is 4. The summed E-state index contributed by atoms with van der Waals surface area (Å²) < 4.78 is 8.99. The topological polar surface area (TPSA) is 61.9 Å². The molecule has 0 radical (unpaired) electrons. The number of aromatic nitrogens is 4. The highest BCUT2D eigenvalue weighted by atomic mass is 35.5. The van der Waals surface area contributed by atoms with Crippen LogP contribution >= 0.6 is 11.6 Å². The van der Waals surface area contributed by atoms with E-state index in [9.17, 15) is 4.79 Å². The zero-order valence-corrected chi connectivity index (χ0v) is 12.4. The van der Waals surface area contributed by atoms with Gasteiger partial charge in [-0.05, 0) is 49.6 Å². The van der Waals surface area contributed by atoms with Crippen molar-refractivity contribution in [2.24, 2.45) is 5.92 Å². The van der Waals surface area contributed by atoms with E-state index in [0.717, 1.165) is 38.7 Å². The fourth-order valence-corrected chi connectivity index (χ4v) is 3.07. The Labute approximate surface area is 126 Å². The maximum Gasteiger partial charge on any atom is 0.265 e. The number of fused-ring (bicyclic) bond motifs is 1. The second-order valence-electron chi connectivity index (χ2n) is 5.89. The first-order chi connectivity index (χ1) is 10.2. The smallest absolute Gasteiger partial charge is 0.265 e. The van der Waals surface area contributed by atoms with E-state index in [1.807, 2.05) is 0 Å². The molecule has 7 heteroatoms. The van der Waals surface area contributed by atoms with Gasteiger partial charge in [0.15, 0.2) is 11.9 Å². The molecule has 1 aliphatic carbocycles. The molecule has 6 nitrogen and oxygen atoms in total. The maximum atomic E-state index is 12.6. The summed E-state index contributed by atoms with van der Waals surface area (Å²) >= 11 is 6.22. The van der Waals surface area contributed by atoms with Crippen LogP contribution in [0.3, 0.4) is 0 Å². The molecule has 1 saturated carbocycles. The van der Waals surface area contributed by atoms with Gasteiger partial charge in [0.25, 0.3) is 5.56 Å². The minimum absolute atomic E-state index is 0.0982. The molecule has 2 fully saturated rings. The molecule has 0 N–H and O–H groups in total. The molecule has 2 aliphatic rings. The summed E-state index contributed by atoms with van der Waals surface area (Å²) in [5, 5.41) is 5.08. The molecule has 0 amide bonds. The summed E-state index contributed by atoms with van der Waals surface area (Å²) in [4.78, 5) is 17.0. The highest BCUT2D eigenvalue weighted by molar-refractivity contribution is 6.28. The minimum atomic E-state index is -0.140. The Hall–Kier alpha value is -1.40. The molecule has 0 bridgehead atoms. The van der Waals surface area contributed by atoms with Gasteiger partial charge in [0.05, 0.1) is 6.20 Å². The van der Waals surface area contributed by atoms with Crippen molar-refractivity contribution in [3.63, 3.8) is 0 Å². The summed E-state index contributed by atoms with van der Waals surface area (Å²) in [6.07, 6.45) is 6.82. The molecule has 1 atom stereocenters. The predicted molar refractivity (Wildman–Crippen MR) is 78.4 cm³/mol. The summed E-state index contributed by atoms with van der Waals surface area (Å²) in [6.45, 7) is 1.38. The van der Waals surface area contributed by atoms with Crippen LogP contribution in [0.1, 0.15) is 38.3 Å². The fraction of sp³-hybridized carbons (Fsp3) is 0.643. The monoisotopic (exact) mass is 308 g/mol. The molecule has 3 heterocycles. The first-order valence-corrected chi connectivity index (χ1v) is 7.87. The average Bonchev–Trinajstić information content (AvgIpc) is 3.22. The Morgan fingerprint density at radius 1 is 1.33 bits per heavy atom. The van der Waals surface area contributed by atoms with E-state index < -0.39 is 0 Å². The Balaban J connectivity index is 1.79. The van der Waals surface area contributed by atoms with Crippen molar-refractivity contribution in [2.75, 3.05) is 6.61 Å². The second kappa shape index (κ2) is 5.10. The molecule has 2 aromatic heterocycles. The summed E-state index contributed by atoms with van der Waals surface area (Å²) in [6, 6.07) is 0. The van der Waals surface area contributed by atoms with Crippen LogP contribution in [0.4, 0.5) is 0 Å². The highest BCUT2D eigenvalue weighted by Gasteiger charge is 2.26. The largest absolute Gasteiger partial charge is 0.356 e. The van der Waals surface area contributed by atoms with E-state index in [2.05, 4.69) is 10.1 Å². The predicted octanol–water partition coefficient (Wildman–Crippen LogP) is 2.36. The van der Waals surface area contributed by atoms with E-state index in [-0.39, 0.29) is 17.1 Å².